The number of hydrogen-bond donors (Lipinski definition) is 2. The van der Waals surface area contributed by atoms with Crippen LogP contribution in [0.5, 0.6) is 0 Å². The van der Waals surface area contributed by atoms with Gasteiger partial charge < -0.3 is 4.90 Å². The van der Waals surface area contributed by atoms with E-state index >= 15 is 0 Å². The Kier molecular flexibility index (Phi) is 4.72. The third kappa shape index (κ3) is 3.48. The van der Waals surface area contributed by atoms with Gasteiger partial charge in [0.05, 0.1) is 12.1 Å². The van der Waals surface area contributed by atoms with E-state index < -0.39 is 5.09 Å². The van der Waals surface area contributed by atoms with Gasteiger partial charge in [0.2, 0.25) is 0 Å². The Hall–Kier alpha value is -2.18. The molecule has 1 saturated carbocycles. The summed E-state index contributed by atoms with van der Waals surface area (Å²) >= 11 is 0. The fourth-order valence-electron chi connectivity index (χ4n) is 3.15. The first kappa shape index (κ1) is 15.2. The smallest absolute Gasteiger partial charge is 0.352 e. The van der Waals surface area contributed by atoms with E-state index in [0.29, 0.717) is 5.54 Å². The van der Waals surface area contributed by atoms with Crippen LogP contribution in [0.2, 0.25) is 0 Å². The molecule has 0 aromatic carbocycles. The van der Waals surface area contributed by atoms with E-state index in [1.165, 1.54) is 37.7 Å². The molecule has 1 fully saturated rings. The molecule has 1 aromatic rings. The summed E-state index contributed by atoms with van der Waals surface area (Å²) in [5.74, 6) is 1.15. The van der Waals surface area contributed by atoms with Crippen molar-refractivity contribution < 1.29 is 15.5 Å². The average Bonchev–Trinajstić information content (AvgIpc) is 2.78. The van der Waals surface area contributed by atoms with Crippen LogP contribution >= 0.6 is 0 Å². The second-order valence-electron chi connectivity index (χ2n) is 5.47. The highest BCUT2D eigenvalue weighted by atomic mass is 16.9. The number of aromatic nitrogens is 1. The van der Waals surface area contributed by atoms with Gasteiger partial charge in [-0.05, 0) is 25.0 Å². The first-order valence-electron chi connectivity index (χ1n) is 7.09. The average molecular weight is 293 g/mol. The van der Waals surface area contributed by atoms with Crippen molar-refractivity contribution >= 4 is 5.84 Å². The zero-order chi connectivity index (χ0) is 15.3. The maximum atomic E-state index is 8.47. The van der Waals surface area contributed by atoms with Crippen molar-refractivity contribution in [3.8, 4) is 0 Å². The van der Waals surface area contributed by atoms with E-state index in [1.807, 2.05) is 12.4 Å². The van der Waals surface area contributed by atoms with Crippen LogP contribution in [-0.4, -0.2) is 50.4 Å². The summed E-state index contributed by atoms with van der Waals surface area (Å²) in [6, 6.07) is 4.11. The number of pyridine rings is 1. The fourth-order valence-corrected chi connectivity index (χ4v) is 3.15. The molecular formula is C14H21N4O3+. The fraction of sp³-hybridized carbons (Fsp3) is 0.571. The topological polar surface area (TPSA) is 89.0 Å². The Morgan fingerprint density at radius 1 is 1.19 bits per heavy atom. The van der Waals surface area contributed by atoms with E-state index in [4.69, 9.17) is 20.3 Å². The molecule has 3 rings (SSSR count). The van der Waals surface area contributed by atoms with Crippen molar-refractivity contribution in [2.24, 2.45) is 4.99 Å². The van der Waals surface area contributed by atoms with Crippen LogP contribution in [-0.2, 0) is 0 Å². The van der Waals surface area contributed by atoms with Crippen LogP contribution in [0.4, 0.5) is 0 Å². The predicted molar refractivity (Wildman–Crippen MR) is 76.4 cm³/mol. The quantitative estimate of drug-likeness (QED) is 0.773. The molecule has 2 aliphatic rings. The number of amidine groups is 1. The summed E-state index contributed by atoms with van der Waals surface area (Å²) in [7, 11) is 2.21. The lowest BCUT2D eigenvalue weighted by molar-refractivity contribution is -0.969. The van der Waals surface area contributed by atoms with Gasteiger partial charge in [0.15, 0.2) is 0 Å². The molecule has 0 radical (unpaired) electrons. The zero-order valence-corrected chi connectivity index (χ0v) is 12.1. The van der Waals surface area contributed by atoms with Gasteiger partial charge in [0.25, 0.3) is 0 Å². The molecule has 1 aromatic heterocycles. The maximum absolute atomic E-state index is 8.47. The molecule has 0 amide bonds. The van der Waals surface area contributed by atoms with Gasteiger partial charge in [-0.25, -0.2) is 10.4 Å². The van der Waals surface area contributed by atoms with Crippen molar-refractivity contribution in [1.29, 1.82) is 0 Å². The van der Waals surface area contributed by atoms with E-state index in [0.717, 1.165) is 12.4 Å². The molecule has 0 saturated heterocycles. The molecule has 0 bridgehead atoms. The normalized spacial score (nSPS) is 19.7. The van der Waals surface area contributed by atoms with Crippen LogP contribution in [0, 0.1) is 4.91 Å². The molecule has 114 valence electrons. The highest BCUT2D eigenvalue weighted by molar-refractivity contribution is 6.00. The molecule has 1 spiro atoms. The highest BCUT2D eigenvalue weighted by Gasteiger charge is 2.41. The predicted octanol–water partition coefficient (Wildman–Crippen LogP) is 2.02. The van der Waals surface area contributed by atoms with Crippen molar-refractivity contribution in [3.63, 3.8) is 0 Å². The minimum atomic E-state index is -1.25. The molecule has 2 N–H and O–H groups in total. The summed E-state index contributed by atoms with van der Waals surface area (Å²) in [5, 5.41) is 12.5. The Bertz CT molecular complexity index is 508. The number of likely N-dealkylation sites (N-methyl/N-ethyl adjacent to an activating group) is 1. The summed E-state index contributed by atoms with van der Waals surface area (Å²) in [6.07, 6.45) is 10.4. The molecule has 7 heteroatoms. The lowest BCUT2D eigenvalue weighted by atomic mass is 9.81. The summed E-state index contributed by atoms with van der Waals surface area (Å²) in [5.41, 5.74) is 1.52. The zero-order valence-electron chi connectivity index (χ0n) is 12.1. The van der Waals surface area contributed by atoms with Crippen molar-refractivity contribution in [2.75, 3.05) is 13.6 Å². The molecule has 1 aliphatic heterocycles. The van der Waals surface area contributed by atoms with E-state index in [9.17, 15) is 0 Å². The third-order valence-corrected chi connectivity index (χ3v) is 4.28. The Morgan fingerprint density at radius 2 is 1.76 bits per heavy atom. The monoisotopic (exact) mass is 293 g/mol. The molecule has 21 heavy (non-hydrogen) atoms. The van der Waals surface area contributed by atoms with Crippen LogP contribution in [0.25, 0.3) is 0 Å². The van der Waals surface area contributed by atoms with E-state index in [1.54, 1.807) is 0 Å². The van der Waals surface area contributed by atoms with Gasteiger partial charge in [-0.15, -0.1) is 0 Å². The van der Waals surface area contributed by atoms with Crippen LogP contribution in [0.15, 0.2) is 29.5 Å². The van der Waals surface area contributed by atoms with Crippen molar-refractivity contribution in [1.82, 2.24) is 9.88 Å². The molecule has 0 atom stereocenters. The van der Waals surface area contributed by atoms with Gasteiger partial charge in [0, 0.05) is 25.0 Å². The minimum Gasteiger partial charge on any atom is -0.352 e. The first-order valence-corrected chi connectivity index (χ1v) is 7.09. The SMILES string of the molecule is CN1C(c2ccncc2)=NCC12CCCCC2.O=[N+](O)O. The largest absolute Gasteiger partial charge is 0.472 e. The highest BCUT2D eigenvalue weighted by Crippen LogP contribution is 2.37. The number of hydrogen-bond acceptors (Lipinski definition) is 4. The Morgan fingerprint density at radius 3 is 2.33 bits per heavy atom. The van der Waals surface area contributed by atoms with E-state index in [-0.39, 0.29) is 0 Å². The third-order valence-electron chi connectivity index (χ3n) is 4.28. The van der Waals surface area contributed by atoms with Crippen LogP contribution in [0.3, 0.4) is 0 Å². The van der Waals surface area contributed by atoms with Crippen LogP contribution < -0.4 is 0 Å². The van der Waals surface area contributed by atoms with Gasteiger partial charge in [0.1, 0.15) is 10.7 Å². The summed E-state index contributed by atoms with van der Waals surface area (Å²) < 4.78 is 0. The van der Waals surface area contributed by atoms with E-state index in [2.05, 4.69) is 29.1 Å². The molecule has 2 heterocycles. The van der Waals surface area contributed by atoms with Gasteiger partial charge in [-0.3, -0.25) is 9.98 Å². The Labute approximate surface area is 123 Å². The molecule has 1 aliphatic carbocycles. The summed E-state index contributed by atoms with van der Waals surface area (Å²) in [6.45, 7) is 0.973. The van der Waals surface area contributed by atoms with Crippen molar-refractivity contribution in [2.45, 2.75) is 37.6 Å². The second-order valence-corrected chi connectivity index (χ2v) is 5.47. The molecular weight excluding hydrogens is 272 g/mol. The number of aliphatic imine (C=N–C) groups is 1. The first-order chi connectivity index (χ1) is 10.1. The minimum absolute atomic E-state index is 0.316. The second kappa shape index (κ2) is 6.51. The summed E-state index contributed by atoms with van der Waals surface area (Å²) in [4.78, 5) is 19.7. The number of rotatable bonds is 1. The molecule has 0 unspecified atom stereocenters. The van der Waals surface area contributed by atoms with Gasteiger partial charge in [-0.2, -0.15) is 0 Å². The van der Waals surface area contributed by atoms with Crippen LogP contribution in [0.1, 0.15) is 37.7 Å². The maximum Gasteiger partial charge on any atom is 0.472 e. The number of nitrogens with zero attached hydrogens (tertiary/aromatic N) is 4. The van der Waals surface area contributed by atoms with Gasteiger partial charge >= 0.3 is 5.09 Å². The standard InChI is InChI=1S/C14H19N3.H2NO3/c1-17-13(12-5-9-15-10-6-12)16-11-14(17)7-3-2-4-8-14;2-1(3)4/h5-6,9-10H,2-4,7-8,11H2,1H3;(H2,2,3,4)/q;+1. The Balaban J connectivity index is 0.000000361. The lowest BCUT2D eigenvalue weighted by Crippen LogP contribution is -2.48. The lowest BCUT2D eigenvalue weighted by Gasteiger charge is -2.40. The van der Waals surface area contributed by atoms with Crippen molar-refractivity contribution in [3.05, 3.63) is 35.0 Å². The van der Waals surface area contributed by atoms with Gasteiger partial charge in [-0.1, -0.05) is 19.3 Å². The molecule has 7 nitrogen and oxygen atoms in total.